The van der Waals surface area contributed by atoms with E-state index < -0.39 is 0 Å². The van der Waals surface area contributed by atoms with Crippen molar-refractivity contribution in [1.82, 2.24) is 25.1 Å². The molecule has 0 aromatic carbocycles. The fraction of sp³-hybridized carbons (Fsp3) is 0.562. The van der Waals surface area contributed by atoms with Crippen LogP contribution in [0.25, 0.3) is 0 Å². The van der Waals surface area contributed by atoms with Crippen molar-refractivity contribution >= 4 is 17.4 Å². The Morgan fingerprint density at radius 3 is 2.70 bits per heavy atom. The van der Waals surface area contributed by atoms with Crippen molar-refractivity contribution in [3.8, 4) is 0 Å². The van der Waals surface area contributed by atoms with Crippen molar-refractivity contribution in [2.75, 3.05) is 25.0 Å². The van der Waals surface area contributed by atoms with E-state index in [9.17, 15) is 0 Å². The van der Waals surface area contributed by atoms with E-state index in [-0.39, 0.29) is 0 Å². The monoisotopic (exact) mass is 334 g/mol. The standard InChI is InChI=1S/C16H23ClN6/c1-10-15(17)11(2)23(22-10)9-8-19-16-13-4-6-18-7-5-14(13)20-12(3)21-16/h18H,4-9H2,1-3H3,(H,19,20,21). The molecule has 1 aliphatic heterocycles. The Kier molecular flexibility index (Phi) is 4.82. The Hall–Kier alpha value is -1.66. The lowest BCUT2D eigenvalue weighted by molar-refractivity contribution is 0.614. The number of fused-ring (bicyclic) bond motifs is 1. The largest absolute Gasteiger partial charge is 0.368 e. The van der Waals surface area contributed by atoms with Gasteiger partial charge in [0.25, 0.3) is 0 Å². The molecule has 23 heavy (non-hydrogen) atoms. The molecule has 0 atom stereocenters. The van der Waals surface area contributed by atoms with Crippen molar-refractivity contribution in [3.05, 3.63) is 33.5 Å². The smallest absolute Gasteiger partial charge is 0.133 e. The number of nitrogens with zero attached hydrogens (tertiary/aromatic N) is 4. The third-order valence-electron chi connectivity index (χ3n) is 4.20. The Labute approximate surface area is 141 Å². The topological polar surface area (TPSA) is 67.7 Å². The van der Waals surface area contributed by atoms with Crippen LogP contribution < -0.4 is 10.6 Å². The highest BCUT2D eigenvalue weighted by molar-refractivity contribution is 6.31. The molecule has 0 saturated heterocycles. The van der Waals surface area contributed by atoms with Crippen LogP contribution in [-0.4, -0.2) is 39.4 Å². The zero-order valence-electron chi connectivity index (χ0n) is 13.9. The third-order valence-corrected chi connectivity index (χ3v) is 4.75. The van der Waals surface area contributed by atoms with Gasteiger partial charge in [-0.1, -0.05) is 11.6 Å². The van der Waals surface area contributed by atoms with Crippen molar-refractivity contribution in [1.29, 1.82) is 0 Å². The van der Waals surface area contributed by atoms with E-state index in [2.05, 4.69) is 25.7 Å². The number of rotatable bonds is 4. The summed E-state index contributed by atoms with van der Waals surface area (Å²) in [6.45, 7) is 9.34. The Morgan fingerprint density at radius 2 is 1.96 bits per heavy atom. The van der Waals surface area contributed by atoms with E-state index in [1.807, 2.05) is 25.5 Å². The number of anilines is 1. The molecule has 3 rings (SSSR count). The summed E-state index contributed by atoms with van der Waals surface area (Å²) in [7, 11) is 0. The van der Waals surface area contributed by atoms with Crippen LogP contribution in [0.1, 0.15) is 28.5 Å². The van der Waals surface area contributed by atoms with E-state index in [1.54, 1.807) is 0 Å². The van der Waals surface area contributed by atoms with Crippen LogP contribution >= 0.6 is 11.6 Å². The van der Waals surface area contributed by atoms with Crippen molar-refractivity contribution in [2.45, 2.75) is 40.2 Å². The van der Waals surface area contributed by atoms with Crippen LogP contribution in [0, 0.1) is 20.8 Å². The SMILES string of the molecule is Cc1nc2c(c(NCCn3nc(C)c(Cl)c3C)n1)CCNCC2. The molecule has 0 radical (unpaired) electrons. The van der Waals surface area contributed by atoms with Gasteiger partial charge < -0.3 is 10.6 Å². The molecule has 7 heteroatoms. The number of nitrogens with one attached hydrogen (secondary N) is 2. The minimum Gasteiger partial charge on any atom is -0.368 e. The van der Waals surface area contributed by atoms with Gasteiger partial charge in [-0.2, -0.15) is 5.10 Å². The summed E-state index contributed by atoms with van der Waals surface area (Å²) in [5.41, 5.74) is 4.29. The van der Waals surface area contributed by atoms with E-state index >= 15 is 0 Å². The molecule has 2 N–H and O–H groups in total. The predicted molar refractivity (Wildman–Crippen MR) is 92.2 cm³/mol. The second kappa shape index (κ2) is 6.84. The lowest BCUT2D eigenvalue weighted by atomic mass is 10.1. The van der Waals surface area contributed by atoms with Gasteiger partial charge in [0.1, 0.15) is 11.6 Å². The number of hydrogen-bond donors (Lipinski definition) is 2. The fourth-order valence-electron chi connectivity index (χ4n) is 2.99. The zero-order valence-corrected chi connectivity index (χ0v) is 14.7. The lowest BCUT2D eigenvalue weighted by Crippen LogP contribution is -2.17. The average molecular weight is 335 g/mol. The second-order valence-electron chi connectivity index (χ2n) is 5.93. The molecule has 0 saturated carbocycles. The van der Waals surface area contributed by atoms with Crippen LogP contribution in [0.4, 0.5) is 5.82 Å². The second-order valence-corrected chi connectivity index (χ2v) is 6.31. The van der Waals surface area contributed by atoms with Gasteiger partial charge in [-0.05, 0) is 33.7 Å². The number of aryl methyl sites for hydroxylation is 2. The Morgan fingerprint density at radius 1 is 1.17 bits per heavy atom. The van der Waals surface area contributed by atoms with E-state index in [0.29, 0.717) is 0 Å². The van der Waals surface area contributed by atoms with Gasteiger partial charge in [0.2, 0.25) is 0 Å². The van der Waals surface area contributed by atoms with Crippen LogP contribution in [-0.2, 0) is 19.4 Å². The molecule has 3 heterocycles. The van der Waals surface area contributed by atoms with Crippen molar-refractivity contribution in [2.24, 2.45) is 0 Å². The lowest BCUT2D eigenvalue weighted by Gasteiger charge is -2.14. The maximum atomic E-state index is 6.20. The van der Waals surface area contributed by atoms with E-state index in [0.717, 1.165) is 67.1 Å². The summed E-state index contributed by atoms with van der Waals surface area (Å²) in [4.78, 5) is 9.20. The minimum atomic E-state index is 0.753. The van der Waals surface area contributed by atoms with Crippen molar-refractivity contribution in [3.63, 3.8) is 0 Å². The molecule has 0 unspecified atom stereocenters. The maximum absolute atomic E-state index is 6.20. The predicted octanol–water partition coefficient (Wildman–Crippen LogP) is 2.05. The molecular weight excluding hydrogens is 312 g/mol. The highest BCUT2D eigenvalue weighted by atomic mass is 35.5. The molecular formula is C16H23ClN6. The summed E-state index contributed by atoms with van der Waals surface area (Å²) < 4.78 is 1.94. The summed E-state index contributed by atoms with van der Waals surface area (Å²) in [6.07, 6.45) is 1.92. The molecule has 1 aliphatic rings. The maximum Gasteiger partial charge on any atom is 0.133 e. The molecule has 0 amide bonds. The van der Waals surface area contributed by atoms with Gasteiger partial charge in [-0.25, -0.2) is 9.97 Å². The molecule has 2 aromatic rings. The molecule has 0 aliphatic carbocycles. The first kappa shape index (κ1) is 16.2. The first-order valence-electron chi connectivity index (χ1n) is 8.06. The molecule has 124 valence electrons. The van der Waals surface area contributed by atoms with Gasteiger partial charge in [-0.15, -0.1) is 0 Å². The van der Waals surface area contributed by atoms with Crippen LogP contribution in [0.15, 0.2) is 0 Å². The third kappa shape index (κ3) is 3.48. The van der Waals surface area contributed by atoms with Crippen LogP contribution in [0.5, 0.6) is 0 Å². The molecule has 0 fully saturated rings. The highest BCUT2D eigenvalue weighted by Crippen LogP contribution is 2.21. The number of aromatic nitrogens is 4. The summed E-state index contributed by atoms with van der Waals surface area (Å²) in [5.74, 6) is 1.78. The van der Waals surface area contributed by atoms with Gasteiger partial charge in [-0.3, -0.25) is 4.68 Å². The van der Waals surface area contributed by atoms with E-state index in [4.69, 9.17) is 11.6 Å². The Balaban J connectivity index is 1.73. The van der Waals surface area contributed by atoms with Gasteiger partial charge in [0, 0.05) is 25.1 Å². The van der Waals surface area contributed by atoms with E-state index in [1.165, 1.54) is 11.3 Å². The Bertz CT molecular complexity index is 709. The summed E-state index contributed by atoms with van der Waals surface area (Å²) >= 11 is 6.20. The first-order chi connectivity index (χ1) is 11.1. The number of halogens is 1. The van der Waals surface area contributed by atoms with Gasteiger partial charge in [0.15, 0.2) is 0 Å². The highest BCUT2D eigenvalue weighted by Gasteiger charge is 2.15. The average Bonchev–Trinajstić information content (AvgIpc) is 2.72. The van der Waals surface area contributed by atoms with Crippen molar-refractivity contribution < 1.29 is 0 Å². The quantitative estimate of drug-likeness (QED) is 0.895. The molecule has 2 aromatic heterocycles. The zero-order chi connectivity index (χ0) is 16.4. The first-order valence-corrected chi connectivity index (χ1v) is 8.44. The van der Waals surface area contributed by atoms with Crippen LogP contribution in [0.3, 0.4) is 0 Å². The normalized spacial score (nSPS) is 14.4. The summed E-state index contributed by atoms with van der Waals surface area (Å²) in [6, 6.07) is 0. The summed E-state index contributed by atoms with van der Waals surface area (Å²) in [5, 5.41) is 12.1. The number of hydrogen-bond acceptors (Lipinski definition) is 5. The van der Waals surface area contributed by atoms with Crippen LogP contribution in [0.2, 0.25) is 5.02 Å². The van der Waals surface area contributed by atoms with Gasteiger partial charge in [0.05, 0.1) is 28.6 Å². The minimum absolute atomic E-state index is 0.753. The molecule has 0 bridgehead atoms. The molecule has 6 nitrogen and oxygen atoms in total. The molecule has 0 spiro atoms. The fourth-order valence-corrected chi connectivity index (χ4v) is 3.12. The van der Waals surface area contributed by atoms with Gasteiger partial charge >= 0.3 is 0 Å².